The Morgan fingerprint density at radius 1 is 1.19 bits per heavy atom. The van der Waals surface area contributed by atoms with E-state index in [0.717, 1.165) is 19.3 Å². The molecule has 2 amide bonds. The van der Waals surface area contributed by atoms with Gasteiger partial charge in [-0.3, -0.25) is 4.79 Å². The monoisotopic (exact) mass is 300 g/mol. The molecule has 0 radical (unpaired) electrons. The maximum Gasteiger partial charge on any atom is 0.326 e. The Bertz CT molecular complexity index is 393. The van der Waals surface area contributed by atoms with Gasteiger partial charge in [-0.1, -0.05) is 13.8 Å². The molecule has 0 aromatic heterocycles. The summed E-state index contributed by atoms with van der Waals surface area (Å²) >= 11 is 0. The zero-order chi connectivity index (χ0) is 16.0. The molecule has 0 aliphatic heterocycles. The van der Waals surface area contributed by atoms with Gasteiger partial charge < -0.3 is 20.4 Å². The Balaban J connectivity index is 2.56. The van der Waals surface area contributed by atoms with Crippen LogP contribution in [0.4, 0.5) is 4.79 Å². The fraction of sp³-hybridized carbons (Fsp3) is 0.786. The molecule has 1 unspecified atom stereocenters. The van der Waals surface area contributed by atoms with E-state index in [9.17, 15) is 14.4 Å². The molecule has 120 valence electrons. The minimum atomic E-state index is -1.20. The lowest BCUT2D eigenvalue weighted by Gasteiger charge is -2.25. The third-order valence-corrected chi connectivity index (χ3v) is 3.44. The summed E-state index contributed by atoms with van der Waals surface area (Å²) in [5, 5.41) is 20.1. The number of hydrogen-bond acceptors (Lipinski definition) is 3. The summed E-state index contributed by atoms with van der Waals surface area (Å²) in [6.07, 6.45) is 2.35. The lowest BCUT2D eigenvalue weighted by atomic mass is 10.1. The van der Waals surface area contributed by atoms with Gasteiger partial charge in [0, 0.05) is 19.0 Å². The number of carboxylic acid groups (broad SMARTS) is 2. The maximum atomic E-state index is 12.2. The minimum absolute atomic E-state index is 0.112. The lowest BCUT2D eigenvalue weighted by molar-refractivity contribution is -0.140. The molecule has 1 fully saturated rings. The van der Waals surface area contributed by atoms with E-state index in [1.165, 1.54) is 0 Å². The van der Waals surface area contributed by atoms with Crippen LogP contribution in [0.2, 0.25) is 0 Å². The summed E-state index contributed by atoms with van der Waals surface area (Å²) in [7, 11) is 0. The van der Waals surface area contributed by atoms with Crippen molar-refractivity contribution in [2.45, 2.75) is 58.0 Å². The Morgan fingerprint density at radius 3 is 2.24 bits per heavy atom. The summed E-state index contributed by atoms with van der Waals surface area (Å²) in [4.78, 5) is 35.5. The molecule has 0 heterocycles. The highest BCUT2D eigenvalue weighted by Gasteiger charge is 2.34. The van der Waals surface area contributed by atoms with Gasteiger partial charge in [-0.25, -0.2) is 9.59 Å². The number of nitrogens with one attached hydrogen (secondary N) is 1. The van der Waals surface area contributed by atoms with E-state index in [0.29, 0.717) is 12.5 Å². The Kier molecular flexibility index (Phi) is 6.45. The van der Waals surface area contributed by atoms with Crippen molar-refractivity contribution in [3.05, 3.63) is 0 Å². The van der Waals surface area contributed by atoms with Crippen molar-refractivity contribution >= 4 is 18.0 Å². The predicted molar refractivity (Wildman–Crippen MR) is 76.0 cm³/mol. The molecule has 0 spiro atoms. The van der Waals surface area contributed by atoms with E-state index in [1.54, 1.807) is 4.90 Å². The smallest absolute Gasteiger partial charge is 0.326 e. The Labute approximate surface area is 124 Å². The molecular formula is C14H24N2O5. The first-order valence-electron chi connectivity index (χ1n) is 7.33. The summed E-state index contributed by atoms with van der Waals surface area (Å²) in [5.74, 6) is -1.82. The standard InChI is InChI=1S/C14H24N2O5/c1-9(2)7-8-16(10-3-4-10)14(21)15-11(13(19)20)5-6-12(17)18/h9-11H,3-8H2,1-2H3,(H,15,21)(H,17,18)(H,19,20). The zero-order valence-corrected chi connectivity index (χ0v) is 12.5. The van der Waals surface area contributed by atoms with Crippen molar-refractivity contribution in [1.82, 2.24) is 10.2 Å². The Hall–Kier alpha value is -1.79. The second-order valence-corrected chi connectivity index (χ2v) is 5.88. The van der Waals surface area contributed by atoms with E-state index < -0.39 is 24.0 Å². The van der Waals surface area contributed by atoms with Gasteiger partial charge in [0.25, 0.3) is 0 Å². The van der Waals surface area contributed by atoms with Gasteiger partial charge in [-0.05, 0) is 31.6 Å². The first-order valence-corrected chi connectivity index (χ1v) is 7.33. The molecule has 7 heteroatoms. The highest BCUT2D eigenvalue weighted by molar-refractivity contribution is 5.83. The molecular weight excluding hydrogens is 276 g/mol. The van der Waals surface area contributed by atoms with Crippen molar-refractivity contribution in [3.8, 4) is 0 Å². The van der Waals surface area contributed by atoms with E-state index in [4.69, 9.17) is 10.2 Å². The number of urea groups is 1. The number of nitrogens with zero attached hydrogens (tertiary/aromatic N) is 1. The van der Waals surface area contributed by atoms with Crippen LogP contribution >= 0.6 is 0 Å². The van der Waals surface area contributed by atoms with Crippen molar-refractivity contribution in [1.29, 1.82) is 0 Å². The second-order valence-electron chi connectivity index (χ2n) is 5.88. The van der Waals surface area contributed by atoms with Crippen molar-refractivity contribution in [2.75, 3.05) is 6.54 Å². The van der Waals surface area contributed by atoms with Gasteiger partial charge in [-0.2, -0.15) is 0 Å². The maximum absolute atomic E-state index is 12.2. The lowest BCUT2D eigenvalue weighted by Crippen LogP contribution is -2.49. The molecule has 1 aliphatic rings. The molecule has 0 bridgehead atoms. The fourth-order valence-corrected chi connectivity index (χ4v) is 1.99. The van der Waals surface area contributed by atoms with Crippen LogP contribution in [0, 0.1) is 5.92 Å². The van der Waals surface area contributed by atoms with Crippen LogP contribution in [0.1, 0.15) is 46.0 Å². The van der Waals surface area contributed by atoms with Crippen molar-refractivity contribution < 1.29 is 24.6 Å². The summed E-state index contributed by atoms with van der Waals surface area (Å²) in [5.41, 5.74) is 0. The molecule has 1 saturated carbocycles. The summed E-state index contributed by atoms with van der Waals surface area (Å²) in [6.45, 7) is 4.73. The highest BCUT2D eigenvalue weighted by Crippen LogP contribution is 2.27. The molecule has 0 aromatic carbocycles. The van der Waals surface area contributed by atoms with Crippen molar-refractivity contribution in [2.24, 2.45) is 5.92 Å². The first kappa shape index (κ1) is 17.3. The molecule has 1 rings (SSSR count). The number of rotatable bonds is 9. The van der Waals surface area contributed by atoms with Gasteiger partial charge in [0.05, 0.1) is 0 Å². The fourth-order valence-electron chi connectivity index (χ4n) is 1.99. The second kappa shape index (κ2) is 7.85. The largest absolute Gasteiger partial charge is 0.481 e. The van der Waals surface area contributed by atoms with E-state index in [2.05, 4.69) is 19.2 Å². The van der Waals surface area contributed by atoms with Crippen molar-refractivity contribution in [3.63, 3.8) is 0 Å². The van der Waals surface area contributed by atoms with Gasteiger partial charge in [0.1, 0.15) is 6.04 Å². The van der Waals surface area contributed by atoms with Crippen LogP contribution in [-0.4, -0.2) is 51.7 Å². The number of carboxylic acids is 2. The molecule has 3 N–H and O–H groups in total. The van der Waals surface area contributed by atoms with Gasteiger partial charge >= 0.3 is 18.0 Å². The topological polar surface area (TPSA) is 107 Å². The van der Waals surface area contributed by atoms with Crippen LogP contribution in [0.5, 0.6) is 0 Å². The molecule has 1 atom stereocenters. The third-order valence-electron chi connectivity index (χ3n) is 3.44. The third kappa shape index (κ3) is 6.46. The van der Waals surface area contributed by atoms with E-state index in [1.807, 2.05) is 0 Å². The average Bonchev–Trinajstić information content (AvgIpc) is 3.18. The predicted octanol–water partition coefficient (Wildman–Crippen LogP) is 1.52. The van der Waals surface area contributed by atoms with Crippen LogP contribution in [0.15, 0.2) is 0 Å². The normalized spacial score (nSPS) is 15.6. The van der Waals surface area contributed by atoms with Crippen LogP contribution < -0.4 is 5.32 Å². The number of aliphatic carboxylic acids is 2. The first-order chi connectivity index (χ1) is 9.81. The van der Waals surface area contributed by atoms with Gasteiger partial charge in [0.15, 0.2) is 0 Å². The van der Waals surface area contributed by atoms with E-state index in [-0.39, 0.29) is 18.9 Å². The van der Waals surface area contributed by atoms with E-state index >= 15 is 0 Å². The molecule has 0 aromatic rings. The molecule has 21 heavy (non-hydrogen) atoms. The quantitative estimate of drug-likeness (QED) is 0.598. The average molecular weight is 300 g/mol. The van der Waals surface area contributed by atoms with Crippen LogP contribution in [-0.2, 0) is 9.59 Å². The number of carbonyl (C=O) groups is 3. The molecule has 0 saturated heterocycles. The molecule has 1 aliphatic carbocycles. The number of amides is 2. The SMILES string of the molecule is CC(C)CCN(C(=O)NC(CCC(=O)O)C(=O)O)C1CC1. The van der Waals surface area contributed by atoms with Crippen LogP contribution in [0.3, 0.4) is 0 Å². The zero-order valence-electron chi connectivity index (χ0n) is 12.5. The van der Waals surface area contributed by atoms with Crippen LogP contribution in [0.25, 0.3) is 0 Å². The number of hydrogen-bond donors (Lipinski definition) is 3. The molecule has 7 nitrogen and oxygen atoms in total. The number of carbonyl (C=O) groups excluding carboxylic acids is 1. The highest BCUT2D eigenvalue weighted by atomic mass is 16.4. The van der Waals surface area contributed by atoms with Gasteiger partial charge in [-0.15, -0.1) is 0 Å². The van der Waals surface area contributed by atoms with Gasteiger partial charge in [0.2, 0.25) is 0 Å². The summed E-state index contributed by atoms with van der Waals surface area (Å²) in [6, 6.07) is -1.37. The Morgan fingerprint density at radius 2 is 1.81 bits per heavy atom. The summed E-state index contributed by atoms with van der Waals surface area (Å²) < 4.78 is 0. The minimum Gasteiger partial charge on any atom is -0.481 e.